The molecule has 0 saturated carbocycles. The Bertz CT molecular complexity index is 901. The predicted molar refractivity (Wildman–Crippen MR) is 94.0 cm³/mol. The van der Waals surface area contributed by atoms with Gasteiger partial charge in [-0.25, -0.2) is 9.78 Å². The molecule has 1 aliphatic heterocycles. The summed E-state index contributed by atoms with van der Waals surface area (Å²) >= 11 is 0. The minimum absolute atomic E-state index is 0.0150. The second-order valence-corrected chi connectivity index (χ2v) is 6.69. The van der Waals surface area contributed by atoms with Crippen LogP contribution in [-0.4, -0.2) is 45.0 Å². The first-order valence-electron chi connectivity index (χ1n) is 8.39. The monoisotopic (exact) mass is 323 g/mol. The molecule has 6 heteroatoms. The minimum atomic E-state index is 0.0150. The lowest BCUT2D eigenvalue weighted by molar-refractivity contribution is 0.205. The molecule has 2 N–H and O–H groups in total. The lowest BCUT2D eigenvalue weighted by Gasteiger charge is -2.19. The molecule has 1 unspecified atom stereocenters. The van der Waals surface area contributed by atoms with Crippen LogP contribution in [0.5, 0.6) is 0 Å². The van der Waals surface area contributed by atoms with E-state index in [1.165, 1.54) is 0 Å². The van der Waals surface area contributed by atoms with Gasteiger partial charge in [0.1, 0.15) is 5.65 Å². The third-order valence-electron chi connectivity index (χ3n) is 4.61. The number of nitrogens with zero attached hydrogens (tertiary/aromatic N) is 3. The molecule has 1 fully saturated rings. The first-order chi connectivity index (χ1) is 11.6. The molecule has 3 aromatic heterocycles. The van der Waals surface area contributed by atoms with Crippen LogP contribution in [0.4, 0.5) is 4.79 Å². The molecule has 0 aromatic carbocycles. The van der Waals surface area contributed by atoms with E-state index in [-0.39, 0.29) is 18.0 Å². The zero-order valence-electron chi connectivity index (χ0n) is 13.9. The van der Waals surface area contributed by atoms with Gasteiger partial charge in [0.2, 0.25) is 0 Å². The summed E-state index contributed by atoms with van der Waals surface area (Å²) in [6, 6.07) is 4.21. The van der Waals surface area contributed by atoms with Crippen molar-refractivity contribution in [3.8, 4) is 0 Å². The Morgan fingerprint density at radius 2 is 2.25 bits per heavy atom. The van der Waals surface area contributed by atoms with Crippen LogP contribution in [0.15, 0.2) is 30.7 Å². The number of H-pyrrole nitrogens is 1. The zero-order valence-corrected chi connectivity index (χ0v) is 13.9. The van der Waals surface area contributed by atoms with Crippen molar-refractivity contribution in [2.45, 2.75) is 32.2 Å². The van der Waals surface area contributed by atoms with Crippen LogP contribution in [0, 0.1) is 0 Å². The van der Waals surface area contributed by atoms with Crippen molar-refractivity contribution >= 4 is 27.8 Å². The van der Waals surface area contributed by atoms with Gasteiger partial charge in [0, 0.05) is 59.8 Å². The van der Waals surface area contributed by atoms with E-state index in [2.05, 4.69) is 20.3 Å². The normalized spacial score (nSPS) is 18.0. The van der Waals surface area contributed by atoms with Gasteiger partial charge in [0.25, 0.3) is 0 Å². The third-order valence-corrected chi connectivity index (χ3v) is 4.61. The number of pyridine rings is 2. The third kappa shape index (κ3) is 2.48. The second kappa shape index (κ2) is 5.78. The van der Waals surface area contributed by atoms with Gasteiger partial charge >= 0.3 is 6.03 Å². The molecule has 1 saturated heterocycles. The molecule has 6 nitrogen and oxygen atoms in total. The summed E-state index contributed by atoms with van der Waals surface area (Å²) in [7, 11) is 0. The molecule has 1 aliphatic rings. The number of fused-ring (bicyclic) bond motifs is 3. The molecule has 2 amide bonds. The quantitative estimate of drug-likeness (QED) is 0.761. The average molecular weight is 323 g/mol. The standard InChI is InChI=1S/C18H21N5O/c1-11(2)22-18(24)23-8-5-13(10-23)16-15-12(3-6-19-16)9-21-17-14(15)4-7-20-17/h3-4,6-7,9,11,13H,5,8,10H2,1-2H3,(H,20,21)(H,22,24). The summed E-state index contributed by atoms with van der Waals surface area (Å²) in [5.74, 6) is 0.257. The summed E-state index contributed by atoms with van der Waals surface area (Å²) in [4.78, 5) is 26.4. The highest BCUT2D eigenvalue weighted by molar-refractivity contribution is 6.06. The summed E-state index contributed by atoms with van der Waals surface area (Å²) in [6.45, 7) is 5.43. The Hall–Kier alpha value is -2.63. The Morgan fingerprint density at radius 1 is 1.38 bits per heavy atom. The number of amides is 2. The molecule has 0 spiro atoms. The summed E-state index contributed by atoms with van der Waals surface area (Å²) in [6.07, 6.45) is 6.57. The molecule has 124 valence electrons. The zero-order chi connectivity index (χ0) is 16.7. The Kier molecular flexibility index (Phi) is 3.59. The first kappa shape index (κ1) is 14.9. The molecule has 1 atom stereocenters. The number of urea groups is 1. The Labute approximate surface area is 140 Å². The number of hydrogen-bond donors (Lipinski definition) is 2. The maximum absolute atomic E-state index is 12.2. The van der Waals surface area contributed by atoms with E-state index in [1.54, 1.807) is 0 Å². The molecule has 4 heterocycles. The smallest absolute Gasteiger partial charge is 0.317 e. The highest BCUT2D eigenvalue weighted by Gasteiger charge is 2.29. The molecule has 0 bridgehead atoms. The van der Waals surface area contributed by atoms with Crippen LogP contribution >= 0.6 is 0 Å². The van der Waals surface area contributed by atoms with E-state index in [0.717, 1.165) is 40.5 Å². The van der Waals surface area contributed by atoms with Crippen LogP contribution in [0.25, 0.3) is 21.8 Å². The van der Waals surface area contributed by atoms with Crippen LogP contribution in [0.1, 0.15) is 31.9 Å². The number of carbonyl (C=O) groups is 1. The van der Waals surface area contributed by atoms with Crippen LogP contribution < -0.4 is 5.32 Å². The highest BCUT2D eigenvalue weighted by Crippen LogP contribution is 2.34. The fraction of sp³-hybridized carbons (Fsp3) is 0.389. The number of rotatable bonds is 2. The Balaban J connectivity index is 1.70. The van der Waals surface area contributed by atoms with Gasteiger partial charge in [-0.2, -0.15) is 0 Å². The van der Waals surface area contributed by atoms with Crippen LogP contribution in [-0.2, 0) is 0 Å². The van der Waals surface area contributed by atoms with E-state index >= 15 is 0 Å². The number of hydrogen-bond acceptors (Lipinski definition) is 3. The summed E-state index contributed by atoms with van der Waals surface area (Å²) in [5, 5.41) is 6.32. The van der Waals surface area contributed by atoms with Crippen molar-refractivity contribution in [3.63, 3.8) is 0 Å². The highest BCUT2D eigenvalue weighted by atomic mass is 16.2. The van der Waals surface area contributed by atoms with E-state index in [9.17, 15) is 4.79 Å². The molecular formula is C18H21N5O. The van der Waals surface area contributed by atoms with Gasteiger partial charge in [0.15, 0.2) is 0 Å². The van der Waals surface area contributed by atoms with E-state index in [1.807, 2.05) is 49.5 Å². The fourth-order valence-electron chi connectivity index (χ4n) is 3.51. The molecule has 0 aliphatic carbocycles. The maximum atomic E-state index is 12.2. The molecule has 0 radical (unpaired) electrons. The number of aromatic nitrogens is 3. The maximum Gasteiger partial charge on any atom is 0.317 e. The molecular weight excluding hydrogens is 302 g/mol. The van der Waals surface area contributed by atoms with Crippen molar-refractivity contribution in [2.75, 3.05) is 13.1 Å². The van der Waals surface area contributed by atoms with Crippen LogP contribution in [0.3, 0.4) is 0 Å². The molecule has 4 rings (SSSR count). The predicted octanol–water partition coefficient (Wildman–Crippen LogP) is 3.02. The van der Waals surface area contributed by atoms with E-state index in [0.29, 0.717) is 6.54 Å². The van der Waals surface area contributed by atoms with Gasteiger partial charge in [-0.1, -0.05) is 0 Å². The van der Waals surface area contributed by atoms with Gasteiger partial charge in [-0.15, -0.1) is 0 Å². The number of nitrogens with one attached hydrogen (secondary N) is 2. The van der Waals surface area contributed by atoms with Crippen molar-refractivity contribution < 1.29 is 4.79 Å². The number of carbonyl (C=O) groups excluding carboxylic acids is 1. The number of likely N-dealkylation sites (tertiary alicyclic amines) is 1. The minimum Gasteiger partial charge on any atom is -0.346 e. The largest absolute Gasteiger partial charge is 0.346 e. The van der Waals surface area contributed by atoms with Crippen molar-refractivity contribution in [2.24, 2.45) is 0 Å². The molecule has 24 heavy (non-hydrogen) atoms. The van der Waals surface area contributed by atoms with Crippen LogP contribution in [0.2, 0.25) is 0 Å². The lowest BCUT2D eigenvalue weighted by Crippen LogP contribution is -2.41. The van der Waals surface area contributed by atoms with Gasteiger partial charge in [0.05, 0.1) is 5.69 Å². The summed E-state index contributed by atoms with van der Waals surface area (Å²) in [5.41, 5.74) is 1.95. The van der Waals surface area contributed by atoms with Gasteiger partial charge < -0.3 is 15.2 Å². The Morgan fingerprint density at radius 3 is 3.08 bits per heavy atom. The topological polar surface area (TPSA) is 73.9 Å². The fourth-order valence-corrected chi connectivity index (χ4v) is 3.51. The van der Waals surface area contributed by atoms with Crippen molar-refractivity contribution in [3.05, 3.63) is 36.4 Å². The van der Waals surface area contributed by atoms with Gasteiger partial charge in [-0.3, -0.25) is 4.98 Å². The number of aromatic amines is 1. The van der Waals surface area contributed by atoms with E-state index in [4.69, 9.17) is 0 Å². The van der Waals surface area contributed by atoms with Crippen molar-refractivity contribution in [1.29, 1.82) is 0 Å². The lowest BCUT2D eigenvalue weighted by atomic mass is 9.97. The van der Waals surface area contributed by atoms with E-state index < -0.39 is 0 Å². The summed E-state index contributed by atoms with van der Waals surface area (Å²) < 4.78 is 0. The average Bonchev–Trinajstić information content (AvgIpc) is 3.22. The SMILES string of the molecule is CC(C)NC(=O)N1CCC(c2nccc3cnc4[nH]ccc4c23)C1. The molecule has 3 aromatic rings. The second-order valence-electron chi connectivity index (χ2n) is 6.69. The van der Waals surface area contributed by atoms with Gasteiger partial charge in [-0.05, 0) is 32.4 Å². The first-order valence-corrected chi connectivity index (χ1v) is 8.39. The van der Waals surface area contributed by atoms with Crippen molar-refractivity contribution in [1.82, 2.24) is 25.2 Å².